The zero-order valence-electron chi connectivity index (χ0n) is 28.0. The molecule has 1 saturated carbocycles. The number of ketones is 1. The Hall–Kier alpha value is -0.766. The van der Waals surface area contributed by atoms with Crippen LogP contribution in [0.1, 0.15) is 108 Å². The maximum Gasteiger partial charge on any atom is 0.311 e. The van der Waals surface area contributed by atoms with E-state index in [9.17, 15) is 9.59 Å². The number of hydrogen-bond donors (Lipinski definition) is 0. The molecule has 228 valence electrons. The third-order valence-corrected chi connectivity index (χ3v) is 18.1. The van der Waals surface area contributed by atoms with Gasteiger partial charge in [0.15, 0.2) is 16.6 Å². The molecule has 0 radical (unpaired) electrons. The van der Waals surface area contributed by atoms with E-state index in [1.807, 2.05) is 20.8 Å². The van der Waals surface area contributed by atoms with Crippen LogP contribution in [0, 0.1) is 17.3 Å². The fourth-order valence-electron chi connectivity index (χ4n) is 4.34. The summed E-state index contributed by atoms with van der Waals surface area (Å²) in [5.74, 6) is -0.273. The molecule has 4 atom stereocenters. The van der Waals surface area contributed by atoms with Gasteiger partial charge in [0, 0.05) is 18.3 Å². The van der Waals surface area contributed by atoms with Crippen LogP contribution < -0.4 is 0 Å². The molecule has 0 amide bonds. The lowest BCUT2D eigenvalue weighted by Crippen LogP contribution is -2.45. The van der Waals surface area contributed by atoms with Crippen LogP contribution in [-0.2, 0) is 23.2 Å². The van der Waals surface area contributed by atoms with Crippen molar-refractivity contribution in [1.82, 2.24) is 0 Å². The molecule has 1 rings (SSSR count). The van der Waals surface area contributed by atoms with E-state index >= 15 is 0 Å². The molecule has 0 bridgehead atoms. The Morgan fingerprint density at radius 2 is 1.51 bits per heavy atom. The van der Waals surface area contributed by atoms with Gasteiger partial charge in [0.1, 0.15) is 5.78 Å². The summed E-state index contributed by atoms with van der Waals surface area (Å²) in [5.41, 5.74) is -0.556. The van der Waals surface area contributed by atoms with E-state index in [1.165, 1.54) is 12.8 Å². The van der Waals surface area contributed by atoms with Crippen LogP contribution >= 0.6 is 0 Å². The van der Waals surface area contributed by atoms with Crippen molar-refractivity contribution in [3.8, 4) is 0 Å². The van der Waals surface area contributed by atoms with Gasteiger partial charge >= 0.3 is 5.97 Å². The van der Waals surface area contributed by atoms with Crippen molar-refractivity contribution < 1.29 is 23.2 Å². The summed E-state index contributed by atoms with van der Waals surface area (Å²) in [6.45, 7) is 30.7. The first kappa shape index (κ1) is 36.3. The van der Waals surface area contributed by atoms with E-state index in [-0.39, 0.29) is 52.5 Å². The minimum atomic E-state index is -2.09. The summed E-state index contributed by atoms with van der Waals surface area (Å²) in [5, 5.41) is 0.180. The van der Waals surface area contributed by atoms with Gasteiger partial charge in [-0.25, -0.2) is 0 Å². The van der Waals surface area contributed by atoms with E-state index in [4.69, 9.17) is 13.6 Å². The highest BCUT2D eigenvalue weighted by Crippen LogP contribution is 2.43. The number of carbonyl (C=O) groups excluding carboxylic acids is 2. The maximum absolute atomic E-state index is 13.4. The molecular weight excluding hydrogens is 521 g/mol. The van der Waals surface area contributed by atoms with Gasteiger partial charge < -0.3 is 13.6 Å². The van der Waals surface area contributed by atoms with Gasteiger partial charge in [-0.15, -0.1) is 0 Å². The summed E-state index contributed by atoms with van der Waals surface area (Å²) in [4.78, 5) is 25.7. The minimum Gasteiger partial charge on any atom is -0.465 e. The molecule has 1 aliphatic rings. The summed E-state index contributed by atoms with van der Waals surface area (Å²) >= 11 is 0. The predicted octanol–water partition coefficient (Wildman–Crippen LogP) is 9.09. The second-order valence-corrected chi connectivity index (χ2v) is 25.3. The molecule has 7 heteroatoms. The smallest absolute Gasteiger partial charge is 0.311 e. The Morgan fingerprint density at radius 1 is 0.949 bits per heavy atom. The average Bonchev–Trinajstić information content (AvgIpc) is 3.02. The lowest BCUT2D eigenvalue weighted by Gasteiger charge is -2.40. The largest absolute Gasteiger partial charge is 0.465 e. The summed E-state index contributed by atoms with van der Waals surface area (Å²) in [7, 11) is -4.05. The lowest BCUT2D eigenvalue weighted by molar-refractivity contribution is -0.153. The van der Waals surface area contributed by atoms with Crippen LogP contribution in [0.5, 0.6) is 0 Å². The van der Waals surface area contributed by atoms with Gasteiger partial charge in [-0.3, -0.25) is 9.59 Å². The Morgan fingerprint density at radius 3 is 2.00 bits per heavy atom. The second kappa shape index (κ2) is 13.9. The highest BCUT2D eigenvalue weighted by molar-refractivity contribution is 6.74. The fourth-order valence-corrected chi connectivity index (χ4v) is 7.00. The van der Waals surface area contributed by atoms with Gasteiger partial charge in [-0.2, -0.15) is 0 Å². The van der Waals surface area contributed by atoms with E-state index in [0.717, 1.165) is 12.8 Å². The fraction of sp³-hybridized carbons (Fsp3) is 0.875. The van der Waals surface area contributed by atoms with Gasteiger partial charge in [0.25, 0.3) is 0 Å². The first-order valence-corrected chi connectivity index (χ1v) is 21.1. The second-order valence-electron chi connectivity index (χ2n) is 15.7. The number of unbranched alkanes of at least 4 members (excludes halogenated alkanes) is 2. The lowest BCUT2D eigenvalue weighted by atomic mass is 9.90. The molecule has 1 fully saturated rings. The predicted molar refractivity (Wildman–Crippen MR) is 169 cm³/mol. The quantitative estimate of drug-likeness (QED) is 0.0938. The van der Waals surface area contributed by atoms with Crippen molar-refractivity contribution in [2.75, 3.05) is 6.61 Å². The minimum absolute atomic E-state index is 0.0287. The maximum atomic E-state index is 13.4. The van der Waals surface area contributed by atoms with Crippen molar-refractivity contribution >= 4 is 28.4 Å². The summed E-state index contributed by atoms with van der Waals surface area (Å²) in [6, 6.07) is 0. The number of hydrogen-bond acceptors (Lipinski definition) is 5. The number of carbonyl (C=O) groups is 2. The van der Waals surface area contributed by atoms with Crippen LogP contribution in [-0.4, -0.2) is 47.2 Å². The molecule has 0 spiro atoms. The van der Waals surface area contributed by atoms with Crippen LogP contribution in [0.25, 0.3) is 0 Å². The summed E-state index contributed by atoms with van der Waals surface area (Å²) in [6.07, 6.45) is 9.75. The Bertz CT molecular complexity index is 827. The Balaban J connectivity index is 3.28. The molecule has 5 nitrogen and oxygen atoms in total. The number of rotatable bonds is 13. The van der Waals surface area contributed by atoms with Crippen LogP contribution in [0.2, 0.25) is 36.3 Å². The SMILES string of the molecule is CCCCC[C@@H](/C=C/[C@H]1[C@H](O[Si](C)(C)C(C)(C)C)CC(=O)[C@@H]1CCOC(=O)C(C)(C)C)O[Si](C)(C)C(C)(C)C. The molecule has 1 aliphatic carbocycles. The molecule has 0 heterocycles. The molecule has 0 unspecified atom stereocenters. The Kier molecular flexibility index (Phi) is 13.0. The molecule has 0 aromatic rings. The van der Waals surface area contributed by atoms with Crippen LogP contribution in [0.15, 0.2) is 12.2 Å². The van der Waals surface area contributed by atoms with Crippen molar-refractivity contribution in [1.29, 1.82) is 0 Å². The van der Waals surface area contributed by atoms with Crippen molar-refractivity contribution in [2.24, 2.45) is 17.3 Å². The molecule has 0 N–H and O–H groups in total. The van der Waals surface area contributed by atoms with Crippen molar-refractivity contribution in [3.63, 3.8) is 0 Å². The molecule has 0 aromatic carbocycles. The molecule has 0 aliphatic heterocycles. The van der Waals surface area contributed by atoms with Gasteiger partial charge in [0.2, 0.25) is 0 Å². The Labute approximate surface area is 243 Å². The van der Waals surface area contributed by atoms with E-state index in [2.05, 4.69) is 86.8 Å². The third-order valence-electron chi connectivity index (χ3n) is 9.13. The van der Waals surface area contributed by atoms with Crippen LogP contribution in [0.4, 0.5) is 0 Å². The van der Waals surface area contributed by atoms with Crippen molar-refractivity contribution in [2.45, 2.75) is 156 Å². The number of ether oxygens (including phenoxy) is 1. The zero-order valence-corrected chi connectivity index (χ0v) is 30.0. The monoisotopic (exact) mass is 582 g/mol. The van der Waals surface area contributed by atoms with Gasteiger partial charge in [0.05, 0.1) is 24.2 Å². The third kappa shape index (κ3) is 10.9. The van der Waals surface area contributed by atoms with Crippen LogP contribution in [0.3, 0.4) is 0 Å². The summed E-state index contributed by atoms with van der Waals surface area (Å²) < 4.78 is 19.3. The average molecular weight is 583 g/mol. The van der Waals surface area contributed by atoms with E-state index < -0.39 is 22.0 Å². The van der Waals surface area contributed by atoms with Gasteiger partial charge in [-0.05, 0) is 69.9 Å². The van der Waals surface area contributed by atoms with E-state index in [1.54, 1.807) is 0 Å². The first-order valence-electron chi connectivity index (χ1n) is 15.3. The normalized spacial score (nSPS) is 22.5. The highest BCUT2D eigenvalue weighted by Gasteiger charge is 2.47. The van der Waals surface area contributed by atoms with Gasteiger partial charge in [-0.1, -0.05) is 79.9 Å². The molecule has 39 heavy (non-hydrogen) atoms. The first-order chi connectivity index (χ1) is 17.5. The van der Waals surface area contributed by atoms with Crippen molar-refractivity contribution in [3.05, 3.63) is 12.2 Å². The number of esters is 1. The number of Topliss-reactive ketones (excluding diaryl/α,β-unsaturated/α-hetero) is 1. The molecule has 0 saturated heterocycles. The van der Waals surface area contributed by atoms with E-state index in [0.29, 0.717) is 12.8 Å². The standard InChI is InChI=1S/C32H62O5Si2/c1-15-16-17-18-24(36-38(11,12)31(5,6)7)19-20-26-25(21-22-35-29(34)30(2,3)4)27(33)23-28(26)37-39(13,14)32(8,9)10/h19-20,24-26,28H,15-18,21-23H2,1-14H3/b20-19+/t24-,25+,26+,28+/m0/s1. The highest BCUT2D eigenvalue weighted by atomic mass is 28.4. The molecule has 0 aromatic heterocycles. The topological polar surface area (TPSA) is 61.8 Å². The molecular formula is C32H62O5Si2. The zero-order chi connectivity index (χ0) is 30.4.